The first kappa shape index (κ1) is 18.8. The second-order valence-corrected chi connectivity index (χ2v) is 9.44. The quantitative estimate of drug-likeness (QED) is 0.591. The standard InChI is InChI=1S/C23H32O4/c1-11-15(5)23(26-21(7,8)22(9,10)27-23)25-20-14(4)19-18(13(3)17(11)20)12(2)16(6)24-19/h12,16H,1-10H3. The first-order valence-corrected chi connectivity index (χ1v) is 9.94. The van der Waals surface area contributed by atoms with Crippen molar-refractivity contribution >= 4 is 5.57 Å². The van der Waals surface area contributed by atoms with Crippen LogP contribution in [0.15, 0.2) is 5.57 Å². The predicted octanol–water partition coefficient (Wildman–Crippen LogP) is 5.63. The van der Waals surface area contributed by atoms with E-state index >= 15 is 0 Å². The normalized spacial score (nSPS) is 29.4. The van der Waals surface area contributed by atoms with Crippen LogP contribution in [-0.4, -0.2) is 23.3 Å². The van der Waals surface area contributed by atoms with E-state index in [1.54, 1.807) is 0 Å². The van der Waals surface area contributed by atoms with Crippen LogP contribution in [0.5, 0.6) is 11.5 Å². The monoisotopic (exact) mass is 372 g/mol. The van der Waals surface area contributed by atoms with Gasteiger partial charge in [-0.25, -0.2) is 0 Å². The van der Waals surface area contributed by atoms with Crippen LogP contribution < -0.4 is 9.47 Å². The molecular weight excluding hydrogens is 340 g/mol. The minimum absolute atomic E-state index is 0.164. The molecule has 4 rings (SSSR count). The Morgan fingerprint density at radius 2 is 1.33 bits per heavy atom. The van der Waals surface area contributed by atoms with Crippen LogP contribution in [0, 0.1) is 13.8 Å². The number of rotatable bonds is 0. The predicted molar refractivity (Wildman–Crippen MR) is 106 cm³/mol. The molecule has 1 saturated heterocycles. The fraction of sp³-hybridized carbons (Fsp3) is 0.652. The Morgan fingerprint density at radius 3 is 1.89 bits per heavy atom. The highest BCUT2D eigenvalue weighted by molar-refractivity contribution is 5.81. The summed E-state index contributed by atoms with van der Waals surface area (Å²) in [6, 6.07) is 0. The smallest absolute Gasteiger partial charge is 0.353 e. The second kappa shape index (κ2) is 5.30. The zero-order valence-electron chi connectivity index (χ0n) is 18.3. The van der Waals surface area contributed by atoms with Gasteiger partial charge in [0.25, 0.3) is 0 Å². The molecule has 0 aliphatic carbocycles. The van der Waals surface area contributed by atoms with Crippen molar-refractivity contribution in [3.8, 4) is 11.5 Å². The van der Waals surface area contributed by atoms with Gasteiger partial charge in [-0.1, -0.05) is 6.92 Å². The van der Waals surface area contributed by atoms with Crippen LogP contribution in [0.25, 0.3) is 5.57 Å². The van der Waals surface area contributed by atoms with Crippen LogP contribution in [-0.2, 0) is 9.47 Å². The molecular formula is C23H32O4. The fourth-order valence-corrected chi connectivity index (χ4v) is 4.53. The van der Waals surface area contributed by atoms with E-state index in [0.29, 0.717) is 5.92 Å². The minimum Gasteiger partial charge on any atom is -0.489 e. The highest BCUT2D eigenvalue weighted by Gasteiger charge is 2.62. The number of hydrogen-bond donors (Lipinski definition) is 0. The van der Waals surface area contributed by atoms with E-state index in [9.17, 15) is 0 Å². The fourth-order valence-electron chi connectivity index (χ4n) is 4.53. The van der Waals surface area contributed by atoms with Gasteiger partial charge in [0.15, 0.2) is 0 Å². The molecule has 1 fully saturated rings. The maximum atomic E-state index is 6.56. The zero-order valence-corrected chi connectivity index (χ0v) is 18.3. The number of hydrogen-bond acceptors (Lipinski definition) is 4. The molecule has 0 bridgehead atoms. The molecule has 1 aromatic carbocycles. The van der Waals surface area contributed by atoms with Gasteiger partial charge in [0, 0.05) is 28.2 Å². The van der Waals surface area contributed by atoms with Crippen molar-refractivity contribution in [3.63, 3.8) is 0 Å². The molecule has 1 aromatic rings. The zero-order chi connectivity index (χ0) is 20.1. The summed E-state index contributed by atoms with van der Waals surface area (Å²) >= 11 is 0. The summed E-state index contributed by atoms with van der Waals surface area (Å²) in [6.45, 7) is 21.0. The number of allylic oxidation sites excluding steroid dienone is 1. The summed E-state index contributed by atoms with van der Waals surface area (Å²) in [6.07, 6.45) is 0.164. The van der Waals surface area contributed by atoms with Gasteiger partial charge in [-0.05, 0) is 73.5 Å². The molecule has 2 unspecified atom stereocenters. The molecule has 3 aliphatic rings. The summed E-state index contributed by atoms with van der Waals surface area (Å²) in [5.74, 6) is 0.963. The summed E-state index contributed by atoms with van der Waals surface area (Å²) in [4.78, 5) is 0. The van der Waals surface area contributed by atoms with Gasteiger partial charge in [0.05, 0.1) is 11.2 Å². The summed E-state index contributed by atoms with van der Waals surface area (Å²) in [5.41, 5.74) is 5.92. The lowest BCUT2D eigenvalue weighted by Crippen LogP contribution is -2.43. The van der Waals surface area contributed by atoms with Gasteiger partial charge in [-0.15, -0.1) is 0 Å². The average molecular weight is 373 g/mol. The van der Waals surface area contributed by atoms with E-state index in [2.05, 4.69) is 69.2 Å². The maximum Gasteiger partial charge on any atom is 0.353 e. The van der Waals surface area contributed by atoms with Gasteiger partial charge in [-0.3, -0.25) is 0 Å². The van der Waals surface area contributed by atoms with E-state index in [-0.39, 0.29) is 6.10 Å². The van der Waals surface area contributed by atoms with E-state index in [4.69, 9.17) is 18.9 Å². The van der Waals surface area contributed by atoms with Gasteiger partial charge in [-0.2, -0.15) is 0 Å². The van der Waals surface area contributed by atoms with E-state index in [1.165, 1.54) is 16.7 Å². The van der Waals surface area contributed by atoms with Gasteiger partial charge in [0.2, 0.25) is 0 Å². The molecule has 0 N–H and O–H groups in total. The molecule has 27 heavy (non-hydrogen) atoms. The lowest BCUT2D eigenvalue weighted by Gasteiger charge is -2.38. The second-order valence-electron chi connectivity index (χ2n) is 9.44. The van der Waals surface area contributed by atoms with Gasteiger partial charge < -0.3 is 18.9 Å². The van der Waals surface area contributed by atoms with Crippen molar-refractivity contribution in [2.24, 2.45) is 0 Å². The van der Waals surface area contributed by atoms with Crippen molar-refractivity contribution in [3.05, 3.63) is 27.8 Å². The highest BCUT2D eigenvalue weighted by atomic mass is 16.9. The number of benzene rings is 1. The number of ether oxygens (including phenoxy) is 4. The molecule has 4 heteroatoms. The third kappa shape index (κ3) is 2.23. The molecule has 4 nitrogen and oxygen atoms in total. The Kier molecular flexibility index (Phi) is 3.69. The van der Waals surface area contributed by atoms with Crippen molar-refractivity contribution in [1.82, 2.24) is 0 Å². The highest BCUT2D eigenvalue weighted by Crippen LogP contribution is 2.57. The Hall–Kier alpha value is -1.52. The van der Waals surface area contributed by atoms with E-state index in [0.717, 1.165) is 28.2 Å². The Labute approximate surface area is 162 Å². The molecule has 0 saturated carbocycles. The Bertz CT molecular complexity index is 859. The largest absolute Gasteiger partial charge is 0.489 e. The van der Waals surface area contributed by atoms with Crippen molar-refractivity contribution in [2.75, 3.05) is 0 Å². The molecule has 2 atom stereocenters. The van der Waals surface area contributed by atoms with Crippen molar-refractivity contribution in [2.45, 2.75) is 98.4 Å². The third-order valence-electron chi connectivity index (χ3n) is 7.26. The summed E-state index contributed by atoms with van der Waals surface area (Å²) in [7, 11) is 0. The van der Waals surface area contributed by atoms with Crippen molar-refractivity contribution < 1.29 is 18.9 Å². The maximum absolute atomic E-state index is 6.56. The lowest BCUT2D eigenvalue weighted by atomic mass is 9.84. The van der Waals surface area contributed by atoms with Crippen LogP contribution in [0.2, 0.25) is 0 Å². The van der Waals surface area contributed by atoms with Crippen LogP contribution in [0.4, 0.5) is 0 Å². The molecule has 0 amide bonds. The molecule has 0 aromatic heterocycles. The van der Waals surface area contributed by atoms with E-state index < -0.39 is 17.2 Å². The summed E-state index contributed by atoms with van der Waals surface area (Å²) in [5, 5.41) is 0. The SMILES string of the molecule is CC1=C(C)C2(Oc3c(C)c4c(c(C)c31)C(C)C(C)O4)OC(C)(C)C(C)(C)O2. The van der Waals surface area contributed by atoms with Gasteiger partial charge in [0.1, 0.15) is 17.6 Å². The van der Waals surface area contributed by atoms with Crippen molar-refractivity contribution in [1.29, 1.82) is 0 Å². The summed E-state index contributed by atoms with van der Waals surface area (Å²) < 4.78 is 25.7. The first-order valence-electron chi connectivity index (χ1n) is 9.94. The minimum atomic E-state index is -1.19. The van der Waals surface area contributed by atoms with Gasteiger partial charge >= 0.3 is 5.97 Å². The topological polar surface area (TPSA) is 36.9 Å². The number of fused-ring (bicyclic) bond motifs is 2. The average Bonchev–Trinajstić information content (AvgIpc) is 2.94. The third-order valence-corrected chi connectivity index (χ3v) is 7.26. The molecule has 0 radical (unpaired) electrons. The van der Waals surface area contributed by atoms with Crippen LogP contribution in [0.1, 0.15) is 83.6 Å². The van der Waals surface area contributed by atoms with Crippen LogP contribution in [0.3, 0.4) is 0 Å². The molecule has 148 valence electrons. The first-order chi connectivity index (χ1) is 12.3. The Morgan fingerprint density at radius 1 is 0.778 bits per heavy atom. The molecule has 1 spiro atoms. The van der Waals surface area contributed by atoms with E-state index in [1.807, 2.05) is 0 Å². The van der Waals surface area contributed by atoms with Crippen LogP contribution >= 0.6 is 0 Å². The molecule has 3 aliphatic heterocycles. The Balaban J connectivity index is 1.95. The molecule has 3 heterocycles. The lowest BCUT2D eigenvalue weighted by molar-refractivity contribution is -0.283.